The average Bonchev–Trinajstić information content (AvgIpc) is 1.80. The number of hydrogen-bond donors (Lipinski definition) is 2. The molecule has 0 bridgehead atoms. The van der Waals surface area contributed by atoms with Crippen molar-refractivity contribution in [3.8, 4) is 0 Å². The molecule has 0 rings (SSSR count). The molecule has 0 aromatic heterocycles. The molecule has 1 unspecified atom stereocenters. The summed E-state index contributed by atoms with van der Waals surface area (Å²) >= 11 is -1.05. The maximum atomic E-state index is 11.3. The van der Waals surface area contributed by atoms with Crippen LogP contribution in [0.5, 0.6) is 0 Å². The van der Waals surface area contributed by atoms with Gasteiger partial charge >= 0.3 is 0 Å². The minimum atomic E-state index is -1.05. The molecule has 66 valence electrons. The van der Waals surface area contributed by atoms with E-state index < -0.39 is 11.4 Å². The SMILES string of the molecule is CC(=N)CN[S+]([O-])C(C)(C)C. The zero-order valence-electron chi connectivity index (χ0n) is 7.52. The molecule has 0 spiro atoms. The molecular formula is C7H16N2OS. The fourth-order valence-corrected chi connectivity index (χ4v) is 1.17. The number of hydrogen-bond acceptors (Lipinski definition) is 3. The smallest absolute Gasteiger partial charge is 0.136 e. The van der Waals surface area contributed by atoms with Gasteiger partial charge in [-0.2, -0.15) is 0 Å². The Labute approximate surface area is 71.4 Å². The predicted octanol–water partition coefficient (Wildman–Crippen LogP) is 1.08. The van der Waals surface area contributed by atoms with E-state index >= 15 is 0 Å². The Morgan fingerprint density at radius 3 is 2.27 bits per heavy atom. The van der Waals surface area contributed by atoms with Crippen molar-refractivity contribution in [2.45, 2.75) is 32.4 Å². The van der Waals surface area contributed by atoms with Crippen LogP contribution in [0, 0.1) is 5.41 Å². The normalized spacial score (nSPS) is 14.6. The van der Waals surface area contributed by atoms with E-state index in [1.54, 1.807) is 6.92 Å². The van der Waals surface area contributed by atoms with Crippen LogP contribution < -0.4 is 4.72 Å². The van der Waals surface area contributed by atoms with Crippen LogP contribution in [0.2, 0.25) is 0 Å². The Morgan fingerprint density at radius 2 is 2.00 bits per heavy atom. The molecule has 2 N–H and O–H groups in total. The lowest BCUT2D eigenvalue weighted by molar-refractivity contribution is 0.549. The fourth-order valence-electron chi connectivity index (χ4n) is 0.390. The van der Waals surface area contributed by atoms with Crippen LogP contribution in [0.1, 0.15) is 27.7 Å². The second-order valence-corrected chi connectivity index (χ2v) is 5.53. The molecule has 0 fully saturated rings. The Kier molecular flexibility index (Phi) is 4.07. The minimum absolute atomic E-state index is 0.241. The third-order valence-electron chi connectivity index (χ3n) is 1.02. The van der Waals surface area contributed by atoms with Crippen molar-refractivity contribution in [3.63, 3.8) is 0 Å². The molecule has 0 saturated heterocycles. The van der Waals surface area contributed by atoms with Crippen molar-refractivity contribution >= 4 is 17.1 Å². The molecule has 0 aliphatic carbocycles. The highest BCUT2D eigenvalue weighted by molar-refractivity contribution is 7.90. The summed E-state index contributed by atoms with van der Waals surface area (Å²) in [5.41, 5.74) is 0.502. The summed E-state index contributed by atoms with van der Waals surface area (Å²) in [5.74, 6) is 0. The molecule has 0 amide bonds. The van der Waals surface area contributed by atoms with Gasteiger partial charge < -0.3 is 9.96 Å². The van der Waals surface area contributed by atoms with E-state index in [0.717, 1.165) is 0 Å². The second kappa shape index (κ2) is 4.09. The van der Waals surface area contributed by atoms with Crippen molar-refractivity contribution < 1.29 is 4.55 Å². The van der Waals surface area contributed by atoms with Gasteiger partial charge in [-0.05, 0) is 27.7 Å². The molecule has 4 heteroatoms. The summed E-state index contributed by atoms with van der Waals surface area (Å²) in [6, 6.07) is 0. The molecule has 0 aliphatic rings. The highest BCUT2D eigenvalue weighted by Gasteiger charge is 2.25. The van der Waals surface area contributed by atoms with E-state index in [1.165, 1.54) is 0 Å². The van der Waals surface area contributed by atoms with Gasteiger partial charge in [0.05, 0.1) is 6.54 Å². The summed E-state index contributed by atoms with van der Waals surface area (Å²) in [5, 5.41) is 7.10. The van der Waals surface area contributed by atoms with E-state index in [0.29, 0.717) is 12.3 Å². The van der Waals surface area contributed by atoms with Crippen molar-refractivity contribution in [2.24, 2.45) is 0 Å². The molecule has 1 atom stereocenters. The van der Waals surface area contributed by atoms with E-state index in [4.69, 9.17) is 5.41 Å². The first kappa shape index (κ1) is 10.9. The zero-order chi connectivity index (χ0) is 9.07. The number of nitrogens with one attached hydrogen (secondary N) is 2. The third kappa shape index (κ3) is 5.24. The fraction of sp³-hybridized carbons (Fsp3) is 0.857. The van der Waals surface area contributed by atoms with Crippen LogP contribution in [-0.4, -0.2) is 21.6 Å². The molecule has 0 saturated carbocycles. The maximum absolute atomic E-state index is 11.3. The lowest BCUT2D eigenvalue weighted by Gasteiger charge is -2.23. The van der Waals surface area contributed by atoms with Crippen molar-refractivity contribution in [1.82, 2.24) is 4.72 Å². The van der Waals surface area contributed by atoms with Crippen LogP contribution in [0.15, 0.2) is 0 Å². The van der Waals surface area contributed by atoms with Gasteiger partial charge in [-0.25, -0.2) is 0 Å². The molecule has 0 radical (unpaired) electrons. The van der Waals surface area contributed by atoms with Gasteiger partial charge in [0.2, 0.25) is 0 Å². The van der Waals surface area contributed by atoms with Gasteiger partial charge in [-0.1, -0.05) is 0 Å². The Balaban J connectivity index is 3.70. The third-order valence-corrected chi connectivity index (χ3v) is 2.54. The lowest BCUT2D eigenvalue weighted by Crippen LogP contribution is -2.41. The highest BCUT2D eigenvalue weighted by Crippen LogP contribution is 2.12. The number of rotatable bonds is 3. The standard InChI is InChI=1S/C7H16N2OS/c1-6(8)5-9-11(10)7(2,3)4/h8-9H,5H2,1-4H3. The van der Waals surface area contributed by atoms with Crippen LogP contribution in [-0.2, 0) is 11.4 Å². The van der Waals surface area contributed by atoms with Gasteiger partial charge in [0.1, 0.15) is 4.75 Å². The first-order valence-electron chi connectivity index (χ1n) is 3.53. The molecule has 0 aliphatic heterocycles. The summed E-state index contributed by atoms with van der Waals surface area (Å²) in [6.07, 6.45) is 0. The molecule has 0 heterocycles. The average molecular weight is 176 g/mol. The minimum Gasteiger partial charge on any atom is -0.598 e. The summed E-state index contributed by atoms with van der Waals surface area (Å²) in [6.45, 7) is 7.79. The quantitative estimate of drug-likeness (QED) is 0.499. The van der Waals surface area contributed by atoms with Crippen molar-refractivity contribution in [1.29, 1.82) is 5.41 Å². The van der Waals surface area contributed by atoms with Crippen LogP contribution in [0.25, 0.3) is 0 Å². The molecule has 11 heavy (non-hydrogen) atoms. The highest BCUT2D eigenvalue weighted by atomic mass is 32.2. The monoisotopic (exact) mass is 176 g/mol. The Morgan fingerprint density at radius 1 is 1.55 bits per heavy atom. The first-order valence-corrected chi connectivity index (χ1v) is 4.68. The van der Waals surface area contributed by atoms with Crippen LogP contribution >= 0.6 is 0 Å². The molecule has 0 aromatic carbocycles. The molecular weight excluding hydrogens is 160 g/mol. The Hall–Kier alpha value is -0.0600. The summed E-state index contributed by atoms with van der Waals surface area (Å²) < 4.78 is 13.8. The molecule has 3 nitrogen and oxygen atoms in total. The van der Waals surface area contributed by atoms with Gasteiger partial charge in [0, 0.05) is 17.1 Å². The Bertz CT molecular complexity index is 142. The predicted molar refractivity (Wildman–Crippen MR) is 49.3 cm³/mol. The molecule has 0 aromatic rings. The van der Waals surface area contributed by atoms with Crippen LogP contribution in [0.4, 0.5) is 0 Å². The van der Waals surface area contributed by atoms with Crippen molar-refractivity contribution in [3.05, 3.63) is 0 Å². The van der Waals surface area contributed by atoms with Gasteiger partial charge in [-0.3, -0.25) is 0 Å². The summed E-state index contributed by atoms with van der Waals surface area (Å²) in [7, 11) is 0. The summed E-state index contributed by atoms with van der Waals surface area (Å²) in [4.78, 5) is 0. The largest absolute Gasteiger partial charge is 0.598 e. The maximum Gasteiger partial charge on any atom is 0.136 e. The second-order valence-electron chi connectivity index (χ2n) is 3.48. The lowest BCUT2D eigenvalue weighted by atomic mass is 10.3. The first-order chi connectivity index (χ1) is 4.84. The van der Waals surface area contributed by atoms with E-state index in [9.17, 15) is 4.55 Å². The van der Waals surface area contributed by atoms with Crippen LogP contribution in [0.3, 0.4) is 0 Å². The van der Waals surface area contributed by atoms with Crippen molar-refractivity contribution in [2.75, 3.05) is 6.54 Å². The van der Waals surface area contributed by atoms with Gasteiger partial charge in [-0.15, -0.1) is 4.72 Å². The van der Waals surface area contributed by atoms with E-state index in [1.807, 2.05) is 20.8 Å². The van der Waals surface area contributed by atoms with E-state index in [2.05, 4.69) is 4.72 Å². The van der Waals surface area contributed by atoms with E-state index in [-0.39, 0.29) is 4.75 Å². The van der Waals surface area contributed by atoms with Gasteiger partial charge in [0.15, 0.2) is 0 Å². The topological polar surface area (TPSA) is 58.9 Å². The zero-order valence-corrected chi connectivity index (χ0v) is 8.34. The van der Waals surface area contributed by atoms with Gasteiger partial charge in [0.25, 0.3) is 0 Å².